The van der Waals surface area contributed by atoms with Gasteiger partial charge in [-0.15, -0.1) is 0 Å². The zero-order valence-electron chi connectivity index (χ0n) is 10.3. The molecular weight excluding hydrogens is 264 g/mol. The Morgan fingerprint density at radius 2 is 1.75 bits per heavy atom. The molecule has 1 atom stereocenters. The number of hydrogen-bond acceptors (Lipinski definition) is 5. The number of rotatable bonds is 2. The van der Waals surface area contributed by atoms with Crippen LogP contribution in [0, 0.1) is 0 Å². The molecule has 1 aromatic carbocycles. The fourth-order valence-corrected chi connectivity index (χ4v) is 2.19. The van der Waals surface area contributed by atoms with Gasteiger partial charge < -0.3 is 10.2 Å². The van der Waals surface area contributed by atoms with Gasteiger partial charge in [0.05, 0.1) is 11.1 Å². The lowest BCUT2D eigenvalue weighted by molar-refractivity contribution is -0.171. The van der Waals surface area contributed by atoms with Crippen molar-refractivity contribution in [1.29, 1.82) is 0 Å². The zero-order valence-corrected chi connectivity index (χ0v) is 10.3. The highest BCUT2D eigenvalue weighted by Gasteiger charge is 2.40. The summed E-state index contributed by atoms with van der Waals surface area (Å²) in [6, 6.07) is 5.40. The molecule has 0 aromatic heterocycles. The lowest BCUT2D eigenvalue weighted by Crippen LogP contribution is -2.41. The van der Waals surface area contributed by atoms with Gasteiger partial charge in [-0.1, -0.05) is 17.2 Å². The van der Waals surface area contributed by atoms with E-state index in [1.54, 1.807) is 12.1 Å². The Morgan fingerprint density at radius 1 is 1.15 bits per heavy atom. The van der Waals surface area contributed by atoms with Crippen LogP contribution in [-0.4, -0.2) is 34.8 Å². The molecule has 1 saturated heterocycles. The molecule has 3 rings (SSSR count). The van der Waals surface area contributed by atoms with Crippen molar-refractivity contribution in [1.82, 2.24) is 10.4 Å². The summed E-state index contributed by atoms with van der Waals surface area (Å²) in [6.45, 7) is 0. The Bertz CT molecular complexity index is 604. The zero-order chi connectivity index (χ0) is 14.3. The van der Waals surface area contributed by atoms with Crippen LogP contribution in [0.15, 0.2) is 24.3 Å². The highest BCUT2D eigenvalue weighted by molar-refractivity contribution is 6.20. The lowest BCUT2D eigenvalue weighted by Gasteiger charge is -2.15. The molecule has 2 aliphatic heterocycles. The molecule has 20 heavy (non-hydrogen) atoms. The van der Waals surface area contributed by atoms with E-state index in [1.807, 2.05) is 0 Å². The number of hydroxylamine groups is 2. The topological polar surface area (TPSA) is 92.8 Å². The van der Waals surface area contributed by atoms with E-state index in [-0.39, 0.29) is 23.5 Å². The molecule has 102 valence electrons. The van der Waals surface area contributed by atoms with Gasteiger partial charge in [0.1, 0.15) is 6.04 Å². The summed E-state index contributed by atoms with van der Waals surface area (Å²) in [6.07, 6.45) is 0.517. The molecule has 1 N–H and O–H groups in total. The maximum atomic E-state index is 12.0. The van der Waals surface area contributed by atoms with Crippen molar-refractivity contribution >= 4 is 23.7 Å². The summed E-state index contributed by atoms with van der Waals surface area (Å²) in [5.74, 6) is -2.42. The van der Waals surface area contributed by atoms with Crippen molar-refractivity contribution in [3.8, 4) is 0 Å². The van der Waals surface area contributed by atoms with E-state index < -0.39 is 23.8 Å². The Balaban J connectivity index is 1.77. The van der Waals surface area contributed by atoms with Crippen molar-refractivity contribution in [3.63, 3.8) is 0 Å². The molecule has 0 saturated carbocycles. The number of carbonyl (C=O) groups excluding carboxylic acids is 4. The van der Waals surface area contributed by atoms with E-state index in [0.717, 1.165) is 0 Å². The Labute approximate surface area is 113 Å². The maximum Gasteiger partial charge on any atom is 0.355 e. The van der Waals surface area contributed by atoms with E-state index in [1.165, 1.54) is 12.1 Å². The Hall–Kier alpha value is -2.70. The molecule has 1 fully saturated rings. The molecule has 2 aliphatic rings. The molecule has 0 radical (unpaired) electrons. The SMILES string of the molecule is O=C1CC[C@H](C(=O)ON2C(=O)c3ccccc3C2=O)N1. The monoisotopic (exact) mass is 274 g/mol. The summed E-state index contributed by atoms with van der Waals surface area (Å²) in [4.78, 5) is 51.6. The third kappa shape index (κ3) is 1.83. The van der Waals surface area contributed by atoms with Crippen LogP contribution in [0.5, 0.6) is 0 Å². The number of imide groups is 1. The molecule has 0 unspecified atom stereocenters. The fraction of sp³-hybridized carbons (Fsp3) is 0.231. The summed E-state index contributed by atoms with van der Waals surface area (Å²) in [7, 11) is 0. The Morgan fingerprint density at radius 3 is 2.25 bits per heavy atom. The first-order valence-electron chi connectivity index (χ1n) is 6.07. The highest BCUT2D eigenvalue weighted by atomic mass is 16.7. The minimum Gasteiger partial charge on any atom is -0.343 e. The first-order valence-corrected chi connectivity index (χ1v) is 6.07. The van der Waals surface area contributed by atoms with Gasteiger partial charge >= 0.3 is 5.97 Å². The largest absolute Gasteiger partial charge is 0.355 e. The van der Waals surface area contributed by atoms with Crippen LogP contribution in [-0.2, 0) is 14.4 Å². The van der Waals surface area contributed by atoms with Crippen LogP contribution in [0.25, 0.3) is 0 Å². The van der Waals surface area contributed by atoms with Gasteiger partial charge in [-0.2, -0.15) is 0 Å². The van der Waals surface area contributed by atoms with Gasteiger partial charge in [0.25, 0.3) is 11.8 Å². The van der Waals surface area contributed by atoms with Gasteiger partial charge in [-0.05, 0) is 18.6 Å². The van der Waals surface area contributed by atoms with Crippen molar-refractivity contribution in [3.05, 3.63) is 35.4 Å². The molecule has 0 aliphatic carbocycles. The number of nitrogens with one attached hydrogen (secondary N) is 1. The quantitative estimate of drug-likeness (QED) is 0.767. The molecule has 0 spiro atoms. The molecule has 7 heteroatoms. The van der Waals surface area contributed by atoms with E-state index in [2.05, 4.69) is 5.32 Å². The standard InChI is InChI=1S/C13H10N2O5/c16-10-6-5-9(14-10)13(19)20-15-11(17)7-3-1-2-4-8(7)12(15)18/h1-4,9H,5-6H2,(H,14,16)/t9-/m1/s1. The molecule has 7 nitrogen and oxygen atoms in total. The van der Waals surface area contributed by atoms with Crippen molar-refractivity contribution < 1.29 is 24.0 Å². The summed E-state index contributed by atoms with van der Waals surface area (Å²) in [5.41, 5.74) is 0.390. The van der Waals surface area contributed by atoms with E-state index >= 15 is 0 Å². The van der Waals surface area contributed by atoms with Gasteiger partial charge in [0.15, 0.2) is 0 Å². The van der Waals surface area contributed by atoms with Crippen LogP contribution in [0.4, 0.5) is 0 Å². The fourth-order valence-electron chi connectivity index (χ4n) is 2.19. The Kier molecular flexibility index (Phi) is 2.74. The summed E-state index contributed by atoms with van der Waals surface area (Å²) in [5, 5.41) is 2.86. The van der Waals surface area contributed by atoms with Crippen LogP contribution in [0.3, 0.4) is 0 Å². The van der Waals surface area contributed by atoms with Crippen molar-refractivity contribution in [2.75, 3.05) is 0 Å². The van der Waals surface area contributed by atoms with Crippen molar-refractivity contribution in [2.45, 2.75) is 18.9 Å². The minimum atomic E-state index is -0.814. The first-order chi connectivity index (χ1) is 9.58. The minimum absolute atomic E-state index is 0.195. The highest BCUT2D eigenvalue weighted by Crippen LogP contribution is 2.23. The molecule has 1 aromatic rings. The van der Waals surface area contributed by atoms with E-state index in [0.29, 0.717) is 11.5 Å². The van der Waals surface area contributed by atoms with E-state index in [9.17, 15) is 19.2 Å². The summed E-state index contributed by atoms with van der Waals surface area (Å²) < 4.78 is 0. The third-order valence-corrected chi connectivity index (χ3v) is 3.22. The number of nitrogens with zero attached hydrogens (tertiary/aromatic N) is 1. The van der Waals surface area contributed by atoms with Gasteiger partial charge in [-0.25, -0.2) is 4.79 Å². The number of carbonyl (C=O) groups is 4. The second kappa shape index (κ2) is 4.44. The van der Waals surface area contributed by atoms with Crippen LogP contribution < -0.4 is 5.32 Å². The van der Waals surface area contributed by atoms with Gasteiger partial charge in [-0.3, -0.25) is 14.4 Å². The maximum absolute atomic E-state index is 12.0. The second-order valence-electron chi connectivity index (χ2n) is 4.52. The van der Waals surface area contributed by atoms with Crippen LogP contribution in [0.1, 0.15) is 33.6 Å². The van der Waals surface area contributed by atoms with Gasteiger partial charge in [0.2, 0.25) is 5.91 Å². The predicted octanol–water partition coefficient (Wildman–Crippen LogP) is 0.0194. The number of fused-ring (bicyclic) bond motifs is 1. The number of benzene rings is 1. The van der Waals surface area contributed by atoms with Crippen molar-refractivity contribution in [2.24, 2.45) is 0 Å². The lowest BCUT2D eigenvalue weighted by atomic mass is 10.1. The molecule has 3 amide bonds. The number of amides is 3. The second-order valence-corrected chi connectivity index (χ2v) is 4.52. The molecule has 0 bridgehead atoms. The van der Waals surface area contributed by atoms with Gasteiger partial charge in [0, 0.05) is 6.42 Å². The van der Waals surface area contributed by atoms with Crippen LogP contribution >= 0.6 is 0 Å². The molecule has 2 heterocycles. The average molecular weight is 274 g/mol. The normalized spacial score (nSPS) is 20.9. The molecular formula is C13H10N2O5. The smallest absolute Gasteiger partial charge is 0.343 e. The predicted molar refractivity (Wildman–Crippen MR) is 64.2 cm³/mol. The van der Waals surface area contributed by atoms with E-state index in [4.69, 9.17) is 4.84 Å². The third-order valence-electron chi connectivity index (χ3n) is 3.22. The van der Waals surface area contributed by atoms with Crippen LogP contribution in [0.2, 0.25) is 0 Å². The first kappa shape index (κ1) is 12.3. The summed E-state index contributed by atoms with van der Waals surface area (Å²) >= 11 is 0. The number of hydrogen-bond donors (Lipinski definition) is 1. The average Bonchev–Trinajstić information content (AvgIpc) is 2.98.